The number of non-ortho nitro benzene ring substituents is 1. The van der Waals surface area contributed by atoms with Crippen LogP contribution in [0.2, 0.25) is 0 Å². The lowest BCUT2D eigenvalue weighted by Gasteiger charge is -2.09. The third-order valence-electron chi connectivity index (χ3n) is 3.29. The van der Waals surface area contributed by atoms with Crippen LogP contribution in [0.1, 0.15) is 22.3 Å². The van der Waals surface area contributed by atoms with Gasteiger partial charge in [-0.2, -0.15) is 0 Å². The van der Waals surface area contributed by atoms with Crippen molar-refractivity contribution in [3.8, 4) is 11.5 Å². The Kier molecular flexibility index (Phi) is 2.95. The third kappa shape index (κ3) is 2.14. The zero-order chi connectivity index (χ0) is 14.1. The van der Waals surface area contributed by atoms with Crippen LogP contribution in [0, 0.1) is 10.1 Å². The molecule has 0 N–H and O–H groups in total. The van der Waals surface area contributed by atoms with Gasteiger partial charge in [0.1, 0.15) is 11.5 Å². The van der Waals surface area contributed by atoms with E-state index in [1.54, 1.807) is 6.07 Å². The molecule has 0 atom stereocenters. The summed E-state index contributed by atoms with van der Waals surface area (Å²) in [6.07, 6.45) is 1.25. The van der Waals surface area contributed by atoms with Gasteiger partial charge in [0.15, 0.2) is 5.78 Å². The highest BCUT2D eigenvalue weighted by Gasteiger charge is 2.23. The minimum Gasteiger partial charge on any atom is -0.457 e. The van der Waals surface area contributed by atoms with Crippen molar-refractivity contribution in [1.29, 1.82) is 0 Å². The molecule has 2 aromatic carbocycles. The number of ketones is 1. The van der Waals surface area contributed by atoms with Gasteiger partial charge in [0.25, 0.3) is 5.69 Å². The number of fused-ring (bicyclic) bond motifs is 1. The number of carbonyl (C=O) groups is 1. The maximum absolute atomic E-state index is 11.9. The fourth-order valence-corrected chi connectivity index (χ4v) is 2.32. The molecule has 100 valence electrons. The number of nitro groups is 1. The Balaban J connectivity index is 1.91. The topological polar surface area (TPSA) is 69.4 Å². The zero-order valence-corrected chi connectivity index (χ0v) is 10.5. The zero-order valence-electron chi connectivity index (χ0n) is 10.5. The maximum Gasteiger partial charge on any atom is 0.269 e. The average Bonchev–Trinajstić information content (AvgIpc) is 2.82. The first-order chi connectivity index (χ1) is 9.65. The van der Waals surface area contributed by atoms with E-state index in [9.17, 15) is 14.9 Å². The van der Waals surface area contributed by atoms with Gasteiger partial charge in [0, 0.05) is 18.6 Å². The van der Waals surface area contributed by atoms with Crippen LogP contribution in [0.3, 0.4) is 0 Å². The smallest absolute Gasteiger partial charge is 0.269 e. The van der Waals surface area contributed by atoms with Crippen LogP contribution in [-0.4, -0.2) is 10.7 Å². The Labute approximate surface area is 115 Å². The van der Waals surface area contributed by atoms with Gasteiger partial charge >= 0.3 is 0 Å². The Morgan fingerprint density at radius 3 is 2.50 bits per heavy atom. The van der Waals surface area contributed by atoms with Crippen molar-refractivity contribution in [2.45, 2.75) is 12.8 Å². The van der Waals surface area contributed by atoms with Crippen molar-refractivity contribution in [3.63, 3.8) is 0 Å². The maximum atomic E-state index is 11.9. The summed E-state index contributed by atoms with van der Waals surface area (Å²) >= 11 is 0. The molecule has 0 saturated carbocycles. The monoisotopic (exact) mass is 269 g/mol. The molecular formula is C15H11NO4. The molecule has 0 spiro atoms. The molecule has 2 aromatic rings. The Hall–Kier alpha value is -2.69. The van der Waals surface area contributed by atoms with Crippen LogP contribution in [0.4, 0.5) is 5.69 Å². The second-order valence-electron chi connectivity index (χ2n) is 4.57. The molecule has 1 aliphatic rings. The fourth-order valence-electron chi connectivity index (χ4n) is 2.32. The number of Topliss-reactive ketones (excluding diaryl/α,β-unsaturated/α-hetero) is 1. The van der Waals surface area contributed by atoms with E-state index in [1.165, 1.54) is 24.3 Å². The second-order valence-corrected chi connectivity index (χ2v) is 4.57. The summed E-state index contributed by atoms with van der Waals surface area (Å²) in [5, 5.41) is 10.6. The minimum atomic E-state index is -0.465. The molecule has 0 saturated heterocycles. The second kappa shape index (κ2) is 4.77. The van der Waals surface area contributed by atoms with Crippen molar-refractivity contribution >= 4 is 11.5 Å². The highest BCUT2D eigenvalue weighted by molar-refractivity contribution is 6.02. The SMILES string of the molecule is O=C1CCc2cccc(Oc3ccc([N+](=O)[O-])cc3)c21. The van der Waals surface area contributed by atoms with Gasteiger partial charge in [-0.1, -0.05) is 12.1 Å². The van der Waals surface area contributed by atoms with E-state index in [1.807, 2.05) is 12.1 Å². The lowest BCUT2D eigenvalue weighted by Crippen LogP contribution is -1.96. The first-order valence-corrected chi connectivity index (χ1v) is 6.22. The van der Waals surface area contributed by atoms with Crippen LogP contribution in [0.5, 0.6) is 11.5 Å². The molecule has 3 rings (SSSR count). The van der Waals surface area contributed by atoms with E-state index in [2.05, 4.69) is 0 Å². The summed E-state index contributed by atoms with van der Waals surface area (Å²) in [5.74, 6) is 1.07. The number of nitrogens with zero attached hydrogens (tertiary/aromatic N) is 1. The molecule has 1 aliphatic carbocycles. The number of rotatable bonds is 3. The van der Waals surface area contributed by atoms with Gasteiger partial charge < -0.3 is 4.74 Å². The van der Waals surface area contributed by atoms with Crippen molar-refractivity contribution < 1.29 is 14.5 Å². The number of carbonyl (C=O) groups excluding carboxylic acids is 1. The Morgan fingerprint density at radius 1 is 1.05 bits per heavy atom. The Morgan fingerprint density at radius 2 is 1.80 bits per heavy atom. The van der Waals surface area contributed by atoms with E-state index in [0.29, 0.717) is 23.5 Å². The molecule has 5 heteroatoms. The quantitative estimate of drug-likeness (QED) is 0.631. The van der Waals surface area contributed by atoms with Gasteiger partial charge in [0.05, 0.1) is 10.5 Å². The number of hydrogen-bond acceptors (Lipinski definition) is 4. The van der Waals surface area contributed by atoms with Crippen molar-refractivity contribution in [2.24, 2.45) is 0 Å². The summed E-state index contributed by atoms with van der Waals surface area (Å²) in [6, 6.07) is 11.3. The van der Waals surface area contributed by atoms with Crippen molar-refractivity contribution in [2.75, 3.05) is 0 Å². The first-order valence-electron chi connectivity index (χ1n) is 6.22. The molecule has 5 nitrogen and oxygen atoms in total. The number of aryl methyl sites for hydroxylation is 1. The average molecular weight is 269 g/mol. The predicted octanol–water partition coefficient (Wildman–Crippen LogP) is 3.52. The van der Waals surface area contributed by atoms with E-state index in [4.69, 9.17) is 4.74 Å². The van der Waals surface area contributed by atoms with E-state index in [0.717, 1.165) is 12.0 Å². The molecule has 0 aromatic heterocycles. The minimum absolute atomic E-state index is 0.00622. The van der Waals surface area contributed by atoms with Crippen molar-refractivity contribution in [1.82, 2.24) is 0 Å². The molecule has 0 amide bonds. The van der Waals surface area contributed by atoms with Gasteiger partial charge in [-0.05, 0) is 30.2 Å². The molecule has 0 aliphatic heterocycles. The summed E-state index contributed by atoms with van der Waals surface area (Å²) in [4.78, 5) is 22.0. The molecule has 0 radical (unpaired) electrons. The van der Waals surface area contributed by atoms with Crippen LogP contribution in [-0.2, 0) is 6.42 Å². The van der Waals surface area contributed by atoms with E-state index >= 15 is 0 Å². The lowest BCUT2D eigenvalue weighted by molar-refractivity contribution is -0.384. The van der Waals surface area contributed by atoms with Gasteiger partial charge in [-0.25, -0.2) is 0 Å². The summed E-state index contributed by atoms with van der Waals surface area (Å²) in [5.41, 5.74) is 1.63. The van der Waals surface area contributed by atoms with Crippen molar-refractivity contribution in [3.05, 3.63) is 63.7 Å². The van der Waals surface area contributed by atoms with Crippen LogP contribution in [0.25, 0.3) is 0 Å². The number of ether oxygens (including phenoxy) is 1. The number of benzene rings is 2. The molecular weight excluding hydrogens is 258 g/mol. The predicted molar refractivity (Wildman–Crippen MR) is 72.3 cm³/mol. The first kappa shape index (κ1) is 12.3. The van der Waals surface area contributed by atoms with Gasteiger partial charge in [-0.15, -0.1) is 0 Å². The lowest BCUT2D eigenvalue weighted by atomic mass is 10.1. The van der Waals surface area contributed by atoms with Gasteiger partial charge in [0.2, 0.25) is 0 Å². The largest absolute Gasteiger partial charge is 0.457 e. The highest BCUT2D eigenvalue weighted by atomic mass is 16.6. The molecule has 0 unspecified atom stereocenters. The number of hydrogen-bond donors (Lipinski definition) is 0. The number of nitro benzene ring substituents is 1. The third-order valence-corrected chi connectivity index (χ3v) is 3.29. The molecule has 0 fully saturated rings. The fraction of sp³-hybridized carbons (Fsp3) is 0.133. The van der Waals surface area contributed by atoms with E-state index < -0.39 is 4.92 Å². The summed E-state index contributed by atoms with van der Waals surface area (Å²) < 4.78 is 5.68. The summed E-state index contributed by atoms with van der Waals surface area (Å²) in [7, 11) is 0. The normalized spacial score (nSPS) is 13.1. The highest BCUT2D eigenvalue weighted by Crippen LogP contribution is 2.33. The molecule has 20 heavy (non-hydrogen) atoms. The summed E-state index contributed by atoms with van der Waals surface area (Å²) in [6.45, 7) is 0. The standard InChI is InChI=1S/C15H11NO4/c17-13-9-4-10-2-1-3-14(15(10)13)20-12-7-5-11(6-8-12)16(18)19/h1-3,5-8H,4,9H2. The van der Waals surface area contributed by atoms with Gasteiger partial charge in [-0.3, -0.25) is 14.9 Å². The van der Waals surface area contributed by atoms with Crippen LogP contribution in [0.15, 0.2) is 42.5 Å². The molecule has 0 heterocycles. The van der Waals surface area contributed by atoms with Crippen LogP contribution < -0.4 is 4.74 Å². The molecule has 0 bridgehead atoms. The van der Waals surface area contributed by atoms with E-state index in [-0.39, 0.29) is 11.5 Å². The Bertz CT molecular complexity index is 692. The van der Waals surface area contributed by atoms with Crippen LogP contribution >= 0.6 is 0 Å².